The van der Waals surface area contributed by atoms with E-state index in [9.17, 15) is 4.79 Å². The predicted molar refractivity (Wildman–Crippen MR) is 83.2 cm³/mol. The van der Waals surface area contributed by atoms with Crippen molar-refractivity contribution in [3.63, 3.8) is 0 Å². The summed E-state index contributed by atoms with van der Waals surface area (Å²) in [6.07, 6.45) is 0. The first kappa shape index (κ1) is 14.7. The first-order chi connectivity index (χ1) is 9.65. The van der Waals surface area contributed by atoms with Gasteiger partial charge in [0, 0.05) is 11.6 Å². The maximum Gasteiger partial charge on any atom is 0.239 e. The lowest BCUT2D eigenvalue weighted by atomic mass is 10.2. The van der Waals surface area contributed by atoms with Crippen LogP contribution in [0, 0.1) is 0 Å². The van der Waals surface area contributed by atoms with E-state index in [1.165, 1.54) is 0 Å². The quantitative estimate of drug-likeness (QED) is 0.884. The molecule has 0 saturated heterocycles. The number of nitrogens with one attached hydrogen (secondary N) is 2. The molecule has 20 heavy (non-hydrogen) atoms. The fraction of sp³-hybridized carbons (Fsp3) is 0.133. The fourth-order valence-electron chi connectivity index (χ4n) is 1.65. The molecule has 0 saturated carbocycles. The van der Waals surface area contributed by atoms with Gasteiger partial charge < -0.3 is 10.6 Å². The van der Waals surface area contributed by atoms with E-state index in [0.717, 1.165) is 11.3 Å². The molecule has 0 aliphatic rings. The number of rotatable bonds is 5. The minimum absolute atomic E-state index is 0.0973. The Balaban J connectivity index is 1.78. The molecule has 0 aliphatic carbocycles. The summed E-state index contributed by atoms with van der Waals surface area (Å²) >= 11 is 11.8. The number of carbonyl (C=O) groups excluding carboxylic acids is 1. The minimum atomic E-state index is -0.0973. The van der Waals surface area contributed by atoms with Gasteiger partial charge in [-0.25, -0.2) is 0 Å². The number of para-hydroxylation sites is 1. The molecule has 5 heteroatoms. The van der Waals surface area contributed by atoms with Gasteiger partial charge in [-0.05, 0) is 29.8 Å². The Morgan fingerprint density at radius 2 is 1.70 bits per heavy atom. The molecule has 0 aliphatic heterocycles. The van der Waals surface area contributed by atoms with Gasteiger partial charge in [-0.15, -0.1) is 0 Å². The molecule has 0 fully saturated rings. The lowest BCUT2D eigenvalue weighted by molar-refractivity contribution is -0.119. The van der Waals surface area contributed by atoms with Crippen LogP contribution in [0.3, 0.4) is 0 Å². The number of halogens is 2. The van der Waals surface area contributed by atoms with Gasteiger partial charge in [0.15, 0.2) is 0 Å². The zero-order valence-electron chi connectivity index (χ0n) is 10.7. The Morgan fingerprint density at radius 3 is 2.40 bits per heavy atom. The summed E-state index contributed by atoms with van der Waals surface area (Å²) in [6.45, 7) is 0.650. The first-order valence-electron chi connectivity index (χ1n) is 6.15. The molecule has 1 amide bonds. The molecule has 2 aromatic rings. The summed E-state index contributed by atoms with van der Waals surface area (Å²) in [5.41, 5.74) is 1.75. The maximum atomic E-state index is 11.7. The van der Waals surface area contributed by atoms with Crippen LogP contribution in [0.4, 0.5) is 5.69 Å². The summed E-state index contributed by atoms with van der Waals surface area (Å²) in [5, 5.41) is 7.09. The van der Waals surface area contributed by atoms with Crippen LogP contribution < -0.4 is 10.6 Å². The molecule has 0 radical (unpaired) electrons. The van der Waals surface area contributed by atoms with E-state index >= 15 is 0 Å². The normalized spacial score (nSPS) is 10.1. The molecule has 104 valence electrons. The summed E-state index contributed by atoms with van der Waals surface area (Å²) < 4.78 is 0. The molecule has 3 nitrogen and oxygen atoms in total. The van der Waals surface area contributed by atoms with Crippen molar-refractivity contribution in [1.29, 1.82) is 0 Å². The van der Waals surface area contributed by atoms with E-state index in [-0.39, 0.29) is 12.5 Å². The van der Waals surface area contributed by atoms with Crippen LogP contribution in [-0.4, -0.2) is 12.5 Å². The second-order valence-electron chi connectivity index (χ2n) is 4.24. The van der Waals surface area contributed by atoms with Crippen LogP contribution >= 0.6 is 23.2 Å². The third-order valence-electron chi connectivity index (χ3n) is 2.72. The van der Waals surface area contributed by atoms with E-state index in [0.29, 0.717) is 16.6 Å². The van der Waals surface area contributed by atoms with Crippen molar-refractivity contribution in [2.24, 2.45) is 0 Å². The number of hydrogen-bond donors (Lipinski definition) is 2. The average molecular weight is 309 g/mol. The zero-order chi connectivity index (χ0) is 14.4. The predicted octanol–water partition coefficient (Wildman–Crippen LogP) is 3.72. The third kappa shape index (κ3) is 4.44. The monoisotopic (exact) mass is 308 g/mol. The number of carbonyl (C=O) groups is 1. The number of amides is 1. The van der Waals surface area contributed by atoms with E-state index in [2.05, 4.69) is 10.6 Å². The molecule has 0 spiro atoms. The molecule has 2 aromatic carbocycles. The SMILES string of the molecule is O=C(CNc1ccccc1Cl)NCc1ccc(Cl)cc1. The molecular weight excluding hydrogens is 295 g/mol. The van der Waals surface area contributed by atoms with Gasteiger partial charge >= 0.3 is 0 Å². The highest BCUT2D eigenvalue weighted by atomic mass is 35.5. The summed E-state index contributed by atoms with van der Waals surface area (Å²) in [5.74, 6) is -0.0973. The number of benzene rings is 2. The summed E-state index contributed by atoms with van der Waals surface area (Å²) in [6, 6.07) is 14.7. The van der Waals surface area contributed by atoms with Crippen molar-refractivity contribution in [1.82, 2.24) is 5.32 Å². The number of hydrogen-bond acceptors (Lipinski definition) is 2. The Bertz CT molecular complexity index is 585. The molecular formula is C15H14Cl2N2O. The van der Waals surface area contributed by atoms with Crippen LogP contribution in [0.1, 0.15) is 5.56 Å². The van der Waals surface area contributed by atoms with Gasteiger partial charge in [0.1, 0.15) is 0 Å². The van der Waals surface area contributed by atoms with Crippen LogP contribution in [0.2, 0.25) is 10.0 Å². The Morgan fingerprint density at radius 1 is 1.00 bits per heavy atom. The highest BCUT2D eigenvalue weighted by Gasteiger charge is 2.03. The first-order valence-corrected chi connectivity index (χ1v) is 6.90. The average Bonchev–Trinajstić information content (AvgIpc) is 2.46. The molecule has 0 unspecified atom stereocenters. The van der Waals surface area contributed by atoms with Gasteiger partial charge in [-0.2, -0.15) is 0 Å². The largest absolute Gasteiger partial charge is 0.375 e. The molecule has 0 aromatic heterocycles. The Labute approximate surface area is 127 Å². The number of anilines is 1. The lowest BCUT2D eigenvalue weighted by Crippen LogP contribution is -2.29. The van der Waals surface area contributed by atoms with E-state index in [4.69, 9.17) is 23.2 Å². The molecule has 0 atom stereocenters. The zero-order valence-corrected chi connectivity index (χ0v) is 12.2. The van der Waals surface area contributed by atoms with Crippen molar-refractivity contribution in [2.45, 2.75) is 6.54 Å². The molecule has 0 heterocycles. The van der Waals surface area contributed by atoms with Gasteiger partial charge in [-0.1, -0.05) is 47.5 Å². The third-order valence-corrected chi connectivity index (χ3v) is 3.30. The van der Waals surface area contributed by atoms with E-state index < -0.39 is 0 Å². The Hall–Kier alpha value is -1.71. The molecule has 0 bridgehead atoms. The van der Waals surface area contributed by atoms with Crippen LogP contribution in [0.25, 0.3) is 0 Å². The Kier molecular flexibility index (Phi) is 5.27. The van der Waals surface area contributed by atoms with Gasteiger partial charge in [0.2, 0.25) is 5.91 Å². The summed E-state index contributed by atoms with van der Waals surface area (Å²) in [7, 11) is 0. The van der Waals surface area contributed by atoms with Crippen molar-refractivity contribution in [3.05, 3.63) is 64.1 Å². The summed E-state index contributed by atoms with van der Waals surface area (Å²) in [4.78, 5) is 11.7. The van der Waals surface area contributed by atoms with Crippen LogP contribution in [0.5, 0.6) is 0 Å². The van der Waals surface area contributed by atoms with Gasteiger partial charge in [-0.3, -0.25) is 4.79 Å². The van der Waals surface area contributed by atoms with Crippen molar-refractivity contribution < 1.29 is 4.79 Å². The maximum absolute atomic E-state index is 11.7. The molecule has 2 N–H and O–H groups in total. The van der Waals surface area contributed by atoms with Crippen LogP contribution in [0.15, 0.2) is 48.5 Å². The second kappa shape index (κ2) is 7.17. The second-order valence-corrected chi connectivity index (χ2v) is 5.08. The highest BCUT2D eigenvalue weighted by molar-refractivity contribution is 6.33. The van der Waals surface area contributed by atoms with Gasteiger partial charge in [0.05, 0.1) is 17.3 Å². The molecule has 2 rings (SSSR count). The minimum Gasteiger partial charge on any atom is -0.375 e. The fourth-order valence-corrected chi connectivity index (χ4v) is 1.97. The van der Waals surface area contributed by atoms with Gasteiger partial charge in [0.25, 0.3) is 0 Å². The standard InChI is InChI=1S/C15H14Cl2N2O/c16-12-7-5-11(6-8-12)9-19-15(20)10-18-14-4-2-1-3-13(14)17/h1-8,18H,9-10H2,(H,19,20). The topological polar surface area (TPSA) is 41.1 Å². The smallest absolute Gasteiger partial charge is 0.239 e. The van der Waals surface area contributed by atoms with E-state index in [1.807, 2.05) is 30.3 Å². The van der Waals surface area contributed by atoms with Crippen molar-refractivity contribution in [2.75, 3.05) is 11.9 Å². The van der Waals surface area contributed by atoms with Crippen LogP contribution in [-0.2, 0) is 11.3 Å². The van der Waals surface area contributed by atoms with E-state index in [1.54, 1.807) is 18.2 Å². The highest BCUT2D eigenvalue weighted by Crippen LogP contribution is 2.19. The van der Waals surface area contributed by atoms with Crippen molar-refractivity contribution in [3.8, 4) is 0 Å². The van der Waals surface area contributed by atoms with Crippen molar-refractivity contribution >= 4 is 34.8 Å². The lowest BCUT2D eigenvalue weighted by Gasteiger charge is -2.09.